The number of methoxy groups -OCH3 is 1. The van der Waals surface area contributed by atoms with E-state index in [0.29, 0.717) is 25.1 Å². The monoisotopic (exact) mass is 369 g/mol. The molecule has 1 N–H and O–H groups in total. The van der Waals surface area contributed by atoms with E-state index in [1.165, 1.54) is 11.1 Å². The number of ether oxygens (including phenoxy) is 1. The summed E-state index contributed by atoms with van der Waals surface area (Å²) >= 11 is 0. The molecule has 0 saturated carbocycles. The Morgan fingerprint density at radius 3 is 2.85 bits per heavy atom. The molecule has 146 valence electrons. The van der Waals surface area contributed by atoms with Crippen molar-refractivity contribution in [2.45, 2.75) is 39.5 Å². The number of benzene rings is 1. The van der Waals surface area contributed by atoms with Gasteiger partial charge in [0, 0.05) is 39.1 Å². The van der Waals surface area contributed by atoms with E-state index >= 15 is 0 Å². The van der Waals surface area contributed by atoms with Crippen LogP contribution >= 0.6 is 0 Å². The maximum atomic E-state index is 5.32. The van der Waals surface area contributed by atoms with Gasteiger partial charge in [0.25, 0.3) is 0 Å². The molecule has 1 aromatic heterocycles. The topological polar surface area (TPSA) is 54.7 Å². The minimum atomic E-state index is 0.422. The van der Waals surface area contributed by atoms with Gasteiger partial charge >= 0.3 is 0 Å². The molecule has 1 fully saturated rings. The van der Waals surface area contributed by atoms with E-state index in [9.17, 15) is 0 Å². The van der Waals surface area contributed by atoms with E-state index in [2.05, 4.69) is 64.1 Å². The van der Waals surface area contributed by atoms with Crippen molar-refractivity contribution in [1.82, 2.24) is 19.8 Å². The summed E-state index contributed by atoms with van der Waals surface area (Å²) in [4.78, 5) is 11.6. The number of rotatable bonds is 6. The zero-order valence-electron chi connectivity index (χ0n) is 16.6. The van der Waals surface area contributed by atoms with Crippen LogP contribution in [0.2, 0.25) is 0 Å². The van der Waals surface area contributed by atoms with Gasteiger partial charge in [-0.25, -0.2) is 9.98 Å². The Kier molecular flexibility index (Phi) is 6.87. The van der Waals surface area contributed by atoms with Gasteiger partial charge in [0.15, 0.2) is 5.96 Å². The third kappa shape index (κ3) is 4.89. The van der Waals surface area contributed by atoms with Gasteiger partial charge in [-0.1, -0.05) is 31.2 Å². The molecule has 2 unspecified atom stereocenters. The van der Waals surface area contributed by atoms with Crippen molar-refractivity contribution in [3.63, 3.8) is 0 Å². The molecule has 1 aliphatic rings. The van der Waals surface area contributed by atoms with Gasteiger partial charge in [-0.05, 0) is 30.4 Å². The fraction of sp³-hybridized carbons (Fsp3) is 0.524. The van der Waals surface area contributed by atoms with Gasteiger partial charge in [0.1, 0.15) is 0 Å². The van der Waals surface area contributed by atoms with Crippen LogP contribution in [0.4, 0.5) is 0 Å². The summed E-state index contributed by atoms with van der Waals surface area (Å²) in [6, 6.07) is 8.78. The van der Waals surface area contributed by atoms with Crippen LogP contribution in [-0.2, 0) is 17.9 Å². The fourth-order valence-electron chi connectivity index (χ4n) is 3.69. The summed E-state index contributed by atoms with van der Waals surface area (Å²) in [7, 11) is 1.73. The molecule has 3 rings (SSSR count). The van der Waals surface area contributed by atoms with E-state index < -0.39 is 0 Å². The van der Waals surface area contributed by atoms with Crippen molar-refractivity contribution >= 4 is 5.96 Å². The van der Waals surface area contributed by atoms with Gasteiger partial charge in [0.05, 0.1) is 25.5 Å². The minimum absolute atomic E-state index is 0.422. The molecule has 6 nitrogen and oxygen atoms in total. The van der Waals surface area contributed by atoms with Crippen molar-refractivity contribution in [2.75, 3.05) is 26.7 Å². The number of aliphatic imine (C=N–C) groups is 1. The average Bonchev–Trinajstić information content (AvgIpc) is 3.21. The highest BCUT2D eigenvalue weighted by Crippen LogP contribution is 2.27. The number of hydrogen-bond acceptors (Lipinski definition) is 3. The molecule has 2 aromatic rings. The lowest BCUT2D eigenvalue weighted by Gasteiger charge is -2.39. The first-order valence-corrected chi connectivity index (χ1v) is 9.79. The summed E-state index contributed by atoms with van der Waals surface area (Å²) in [5.74, 6) is 1.61. The lowest BCUT2D eigenvalue weighted by molar-refractivity contribution is 0.184. The number of guanidine groups is 1. The van der Waals surface area contributed by atoms with Crippen LogP contribution < -0.4 is 5.32 Å². The van der Waals surface area contributed by atoms with Crippen LogP contribution in [-0.4, -0.2) is 47.2 Å². The Morgan fingerprint density at radius 2 is 2.15 bits per heavy atom. The first kappa shape index (κ1) is 19.4. The van der Waals surface area contributed by atoms with E-state index in [-0.39, 0.29) is 0 Å². The van der Waals surface area contributed by atoms with Crippen molar-refractivity contribution in [1.29, 1.82) is 0 Å². The molecule has 2 atom stereocenters. The second-order valence-corrected chi connectivity index (χ2v) is 7.16. The first-order valence-electron chi connectivity index (χ1n) is 9.79. The summed E-state index contributed by atoms with van der Waals surface area (Å²) in [6.07, 6.45) is 7.00. The predicted molar refractivity (Wildman–Crippen MR) is 109 cm³/mol. The number of nitrogens with zero attached hydrogens (tertiary/aromatic N) is 4. The second-order valence-electron chi connectivity index (χ2n) is 7.16. The summed E-state index contributed by atoms with van der Waals surface area (Å²) in [6.45, 7) is 8.55. The van der Waals surface area contributed by atoms with E-state index in [0.717, 1.165) is 32.0 Å². The molecule has 0 bridgehead atoms. The minimum Gasteiger partial charge on any atom is -0.380 e. The molecular formula is C21H31N5O. The third-order valence-corrected chi connectivity index (χ3v) is 5.28. The number of piperidine rings is 1. The molecule has 0 aliphatic carbocycles. The summed E-state index contributed by atoms with van der Waals surface area (Å²) < 4.78 is 7.55. The molecule has 27 heavy (non-hydrogen) atoms. The Morgan fingerprint density at radius 1 is 1.33 bits per heavy atom. The van der Waals surface area contributed by atoms with Crippen molar-refractivity contribution in [3.8, 4) is 0 Å². The highest BCUT2D eigenvalue weighted by Gasteiger charge is 2.28. The fourth-order valence-corrected chi connectivity index (χ4v) is 3.69. The molecule has 1 aromatic carbocycles. The first-order chi connectivity index (χ1) is 13.2. The normalized spacial score (nSPS) is 20.7. The second kappa shape index (κ2) is 9.55. The Balaban J connectivity index is 1.75. The van der Waals surface area contributed by atoms with Gasteiger partial charge in [-0.3, -0.25) is 0 Å². The molecule has 0 amide bonds. The standard InChI is InChI=1S/C21H31N5O/c1-4-23-21(24-13-18-7-5-6-8-19(18)15-27-3)25-11-9-17(2)20(14-25)26-12-10-22-16-26/h5-8,10,12,16-17,20H,4,9,11,13-15H2,1-3H3,(H,23,24). The van der Waals surface area contributed by atoms with Crippen molar-refractivity contribution in [2.24, 2.45) is 10.9 Å². The lowest BCUT2D eigenvalue weighted by Crippen LogP contribution is -2.49. The SMILES string of the molecule is CCNC(=NCc1ccccc1COC)N1CCC(C)C(n2ccnc2)C1. The number of aromatic nitrogens is 2. The van der Waals surface area contributed by atoms with Crippen LogP contribution in [0.3, 0.4) is 0 Å². The number of likely N-dealkylation sites (tertiary alicyclic amines) is 1. The Hall–Kier alpha value is -2.34. The zero-order chi connectivity index (χ0) is 19.1. The van der Waals surface area contributed by atoms with Crippen molar-refractivity contribution < 1.29 is 4.74 Å². The van der Waals surface area contributed by atoms with Gasteiger partial charge in [-0.2, -0.15) is 0 Å². The van der Waals surface area contributed by atoms with Crippen LogP contribution in [0.15, 0.2) is 48.0 Å². The van der Waals surface area contributed by atoms with E-state index in [1.54, 1.807) is 7.11 Å². The van der Waals surface area contributed by atoms with Gasteiger partial charge in [-0.15, -0.1) is 0 Å². The molecule has 1 saturated heterocycles. The molecule has 2 heterocycles. The van der Waals surface area contributed by atoms with Crippen LogP contribution in [0.5, 0.6) is 0 Å². The zero-order valence-corrected chi connectivity index (χ0v) is 16.6. The molecular weight excluding hydrogens is 338 g/mol. The van der Waals surface area contributed by atoms with Gasteiger partial charge < -0.3 is 19.5 Å². The van der Waals surface area contributed by atoms with E-state index in [4.69, 9.17) is 9.73 Å². The van der Waals surface area contributed by atoms with Crippen LogP contribution in [0, 0.1) is 5.92 Å². The predicted octanol–water partition coefficient (Wildman–Crippen LogP) is 3.08. The van der Waals surface area contributed by atoms with Crippen molar-refractivity contribution in [3.05, 3.63) is 54.1 Å². The quantitative estimate of drug-likeness (QED) is 0.628. The number of imidazole rings is 1. The van der Waals surface area contributed by atoms with Crippen LogP contribution in [0.1, 0.15) is 37.4 Å². The summed E-state index contributed by atoms with van der Waals surface area (Å²) in [5, 5.41) is 3.47. The largest absolute Gasteiger partial charge is 0.380 e. The Labute approximate surface area is 162 Å². The smallest absolute Gasteiger partial charge is 0.194 e. The maximum Gasteiger partial charge on any atom is 0.194 e. The highest BCUT2D eigenvalue weighted by molar-refractivity contribution is 5.80. The molecule has 1 aliphatic heterocycles. The maximum absolute atomic E-state index is 5.32. The number of nitrogens with one attached hydrogen (secondary N) is 1. The van der Waals surface area contributed by atoms with E-state index in [1.807, 2.05) is 12.5 Å². The van der Waals surface area contributed by atoms with Gasteiger partial charge in [0.2, 0.25) is 0 Å². The Bertz CT molecular complexity index is 728. The summed E-state index contributed by atoms with van der Waals surface area (Å²) in [5.41, 5.74) is 2.41. The average molecular weight is 370 g/mol. The molecule has 6 heteroatoms. The highest BCUT2D eigenvalue weighted by atomic mass is 16.5. The number of hydrogen-bond donors (Lipinski definition) is 1. The van der Waals surface area contributed by atoms with Crippen LogP contribution in [0.25, 0.3) is 0 Å². The third-order valence-electron chi connectivity index (χ3n) is 5.28. The molecule has 0 spiro atoms. The lowest BCUT2D eigenvalue weighted by atomic mass is 9.93. The molecule has 0 radical (unpaired) electrons.